The number of sulfone groups is 1. The number of hydrogen-bond acceptors (Lipinski definition) is 4. The lowest BCUT2D eigenvalue weighted by molar-refractivity contribution is -0.142. The molecule has 0 fully saturated rings. The molecule has 0 heterocycles. The van der Waals surface area contributed by atoms with Crippen LogP contribution < -0.4 is 0 Å². The van der Waals surface area contributed by atoms with E-state index >= 15 is 0 Å². The van der Waals surface area contributed by atoms with Gasteiger partial charge in [0.15, 0.2) is 9.84 Å². The van der Waals surface area contributed by atoms with Crippen LogP contribution in [0.2, 0.25) is 0 Å². The molecule has 2 rings (SSSR count). The first kappa shape index (κ1) is 16.0. The number of esters is 1. The average Bonchev–Trinajstić information content (AvgIpc) is 2.46. The van der Waals surface area contributed by atoms with Crippen LogP contribution in [0.15, 0.2) is 45.8 Å². The molecule has 4 nitrogen and oxygen atoms in total. The van der Waals surface area contributed by atoms with E-state index in [9.17, 15) is 13.2 Å². The lowest BCUT2D eigenvalue weighted by atomic mass is 10.1. The van der Waals surface area contributed by atoms with E-state index in [1.165, 1.54) is 0 Å². The van der Waals surface area contributed by atoms with Crippen molar-refractivity contribution >= 4 is 42.5 Å². The molecule has 0 aliphatic rings. The standard InChI is InChI=1S/C15H15BrO4S/c1-2-20-15(17)9-10-21(18,19)14-8-7-13(16)11-5-3-4-6-12(11)14/h3-8H,2,9-10H2,1H3. The molecular formula is C15H15BrO4S. The molecule has 0 aliphatic carbocycles. The summed E-state index contributed by atoms with van der Waals surface area (Å²) >= 11 is 3.41. The minimum absolute atomic E-state index is 0.138. The maximum absolute atomic E-state index is 12.4. The van der Waals surface area contributed by atoms with Gasteiger partial charge in [-0.2, -0.15) is 0 Å². The summed E-state index contributed by atoms with van der Waals surface area (Å²) in [6.07, 6.45) is -0.138. The average molecular weight is 371 g/mol. The zero-order valence-corrected chi connectivity index (χ0v) is 13.9. The monoisotopic (exact) mass is 370 g/mol. The maximum Gasteiger partial charge on any atom is 0.306 e. The van der Waals surface area contributed by atoms with E-state index in [1.807, 2.05) is 12.1 Å². The second-order valence-electron chi connectivity index (χ2n) is 4.46. The van der Waals surface area contributed by atoms with Gasteiger partial charge in [-0.25, -0.2) is 8.42 Å². The van der Waals surface area contributed by atoms with Gasteiger partial charge in [-0.05, 0) is 24.4 Å². The Balaban J connectivity index is 2.37. The summed E-state index contributed by atoms with van der Waals surface area (Å²) in [7, 11) is -3.54. The first-order chi connectivity index (χ1) is 9.95. The van der Waals surface area contributed by atoms with Gasteiger partial charge in [-0.1, -0.05) is 40.2 Å². The largest absolute Gasteiger partial charge is 0.466 e. The van der Waals surface area contributed by atoms with E-state index in [-0.39, 0.29) is 23.7 Å². The smallest absolute Gasteiger partial charge is 0.306 e. The van der Waals surface area contributed by atoms with Crippen LogP contribution in [0.1, 0.15) is 13.3 Å². The van der Waals surface area contributed by atoms with Gasteiger partial charge in [0.1, 0.15) is 0 Å². The van der Waals surface area contributed by atoms with E-state index in [1.54, 1.807) is 31.2 Å². The van der Waals surface area contributed by atoms with E-state index in [0.29, 0.717) is 5.39 Å². The summed E-state index contributed by atoms with van der Waals surface area (Å²) in [5, 5.41) is 1.48. The zero-order chi connectivity index (χ0) is 15.5. The quantitative estimate of drug-likeness (QED) is 0.757. The molecule has 21 heavy (non-hydrogen) atoms. The minimum Gasteiger partial charge on any atom is -0.466 e. The van der Waals surface area contributed by atoms with Crippen molar-refractivity contribution in [1.82, 2.24) is 0 Å². The Morgan fingerprint density at radius 3 is 2.48 bits per heavy atom. The highest BCUT2D eigenvalue weighted by Crippen LogP contribution is 2.30. The molecule has 0 atom stereocenters. The third-order valence-electron chi connectivity index (χ3n) is 3.05. The molecule has 0 aliphatic heterocycles. The van der Waals surface area contributed by atoms with Crippen LogP contribution in [0.5, 0.6) is 0 Å². The van der Waals surface area contributed by atoms with Gasteiger partial charge in [0.05, 0.1) is 23.7 Å². The predicted molar refractivity (Wildman–Crippen MR) is 85.0 cm³/mol. The zero-order valence-electron chi connectivity index (χ0n) is 11.5. The van der Waals surface area contributed by atoms with Crippen molar-refractivity contribution in [1.29, 1.82) is 0 Å². The predicted octanol–water partition coefficient (Wildman–Crippen LogP) is 3.33. The molecule has 0 spiro atoms. The van der Waals surface area contributed by atoms with E-state index in [4.69, 9.17) is 4.74 Å². The fourth-order valence-corrected chi connectivity index (χ4v) is 3.99. The third kappa shape index (κ3) is 3.63. The molecule has 0 bridgehead atoms. The first-order valence-electron chi connectivity index (χ1n) is 6.51. The Morgan fingerprint density at radius 1 is 1.14 bits per heavy atom. The van der Waals surface area contributed by atoms with Crippen LogP contribution in [0.25, 0.3) is 10.8 Å². The molecule has 2 aromatic carbocycles. The molecule has 0 aromatic heterocycles. The number of benzene rings is 2. The van der Waals surface area contributed by atoms with Crippen LogP contribution >= 0.6 is 15.9 Å². The highest BCUT2D eigenvalue weighted by molar-refractivity contribution is 9.10. The van der Waals surface area contributed by atoms with Crippen LogP contribution in [-0.2, 0) is 19.4 Å². The maximum atomic E-state index is 12.4. The Hall–Kier alpha value is -1.40. The summed E-state index contributed by atoms with van der Waals surface area (Å²) in [4.78, 5) is 11.6. The number of fused-ring (bicyclic) bond motifs is 1. The molecule has 0 saturated heterocycles. The van der Waals surface area contributed by atoms with Crippen molar-refractivity contribution in [3.05, 3.63) is 40.9 Å². The molecule has 0 N–H and O–H groups in total. The number of halogens is 1. The Labute approximate surface area is 132 Å². The molecular weight excluding hydrogens is 356 g/mol. The van der Waals surface area contributed by atoms with Gasteiger partial charge in [-0.3, -0.25) is 4.79 Å². The third-order valence-corrected chi connectivity index (χ3v) is 5.51. The molecule has 0 saturated carbocycles. The minimum atomic E-state index is -3.54. The van der Waals surface area contributed by atoms with Crippen molar-refractivity contribution in [2.24, 2.45) is 0 Å². The van der Waals surface area contributed by atoms with Crippen LogP contribution in [0, 0.1) is 0 Å². The lowest BCUT2D eigenvalue weighted by Gasteiger charge is -2.09. The normalized spacial score (nSPS) is 11.5. The number of rotatable bonds is 5. The van der Waals surface area contributed by atoms with Gasteiger partial charge in [0.2, 0.25) is 0 Å². The van der Waals surface area contributed by atoms with Gasteiger partial charge in [0.25, 0.3) is 0 Å². The molecule has 0 unspecified atom stereocenters. The number of ether oxygens (including phenoxy) is 1. The van der Waals surface area contributed by atoms with Crippen LogP contribution in [0.4, 0.5) is 0 Å². The van der Waals surface area contributed by atoms with Crippen molar-refractivity contribution in [2.45, 2.75) is 18.2 Å². The van der Waals surface area contributed by atoms with Crippen molar-refractivity contribution in [3.8, 4) is 0 Å². The van der Waals surface area contributed by atoms with E-state index in [2.05, 4.69) is 15.9 Å². The van der Waals surface area contributed by atoms with Crippen molar-refractivity contribution < 1.29 is 17.9 Å². The van der Waals surface area contributed by atoms with Gasteiger partial charge in [-0.15, -0.1) is 0 Å². The molecule has 0 amide bonds. The second kappa shape index (κ2) is 6.58. The number of hydrogen-bond donors (Lipinski definition) is 0. The Kier molecular flexibility index (Phi) is 5.00. The van der Waals surface area contributed by atoms with Gasteiger partial charge < -0.3 is 4.74 Å². The number of carbonyl (C=O) groups is 1. The van der Waals surface area contributed by atoms with Gasteiger partial charge in [0, 0.05) is 9.86 Å². The number of carbonyl (C=O) groups excluding carboxylic acids is 1. The van der Waals surface area contributed by atoms with E-state index < -0.39 is 15.8 Å². The van der Waals surface area contributed by atoms with Crippen LogP contribution in [-0.4, -0.2) is 26.7 Å². The van der Waals surface area contributed by atoms with Crippen molar-refractivity contribution in [2.75, 3.05) is 12.4 Å². The Morgan fingerprint density at radius 2 is 1.81 bits per heavy atom. The molecule has 6 heteroatoms. The summed E-state index contributed by atoms with van der Waals surface area (Å²) in [5.41, 5.74) is 0. The summed E-state index contributed by atoms with van der Waals surface area (Å²) in [6.45, 7) is 1.94. The summed E-state index contributed by atoms with van der Waals surface area (Å²) < 4.78 is 30.5. The fourth-order valence-electron chi connectivity index (χ4n) is 2.07. The summed E-state index contributed by atoms with van der Waals surface area (Å²) in [6, 6.07) is 10.5. The SMILES string of the molecule is CCOC(=O)CCS(=O)(=O)c1ccc(Br)c2ccccc12. The topological polar surface area (TPSA) is 60.4 Å². The Bertz CT molecular complexity index is 768. The molecule has 0 radical (unpaired) electrons. The first-order valence-corrected chi connectivity index (χ1v) is 8.96. The highest BCUT2D eigenvalue weighted by atomic mass is 79.9. The highest BCUT2D eigenvalue weighted by Gasteiger charge is 2.20. The summed E-state index contributed by atoms with van der Waals surface area (Å²) in [5.74, 6) is -0.750. The second-order valence-corrected chi connectivity index (χ2v) is 7.40. The van der Waals surface area contributed by atoms with E-state index in [0.717, 1.165) is 9.86 Å². The molecule has 2 aromatic rings. The van der Waals surface area contributed by atoms with Crippen LogP contribution in [0.3, 0.4) is 0 Å². The van der Waals surface area contributed by atoms with Crippen molar-refractivity contribution in [3.63, 3.8) is 0 Å². The van der Waals surface area contributed by atoms with Gasteiger partial charge >= 0.3 is 5.97 Å². The molecule has 112 valence electrons. The lowest BCUT2D eigenvalue weighted by Crippen LogP contribution is -2.13. The fraction of sp³-hybridized carbons (Fsp3) is 0.267.